The Kier molecular flexibility index (Phi) is 4.87. The van der Waals surface area contributed by atoms with E-state index in [1.54, 1.807) is 24.4 Å². The largest absolute Gasteiger partial charge is 0.489 e. The lowest BCUT2D eigenvalue weighted by Crippen LogP contribution is -2.12. The zero-order valence-corrected chi connectivity index (χ0v) is 13.4. The lowest BCUT2D eigenvalue weighted by atomic mass is 10.1. The van der Waals surface area contributed by atoms with Crippen LogP contribution in [-0.4, -0.2) is 10.9 Å². The fourth-order valence-electron chi connectivity index (χ4n) is 2.26. The number of para-hydroxylation sites is 1. The SMILES string of the molecule is Cc1cc(NC(=O)c2ccc(COc3ccccc3)cc2)ccn1. The average molecular weight is 318 g/mol. The van der Waals surface area contributed by atoms with Crippen LogP contribution in [0.3, 0.4) is 0 Å². The number of anilines is 1. The van der Waals surface area contributed by atoms with Crippen molar-refractivity contribution in [2.24, 2.45) is 0 Å². The van der Waals surface area contributed by atoms with Crippen LogP contribution in [0.4, 0.5) is 5.69 Å². The Morgan fingerprint density at radius 1 is 1.04 bits per heavy atom. The molecule has 0 saturated carbocycles. The number of amides is 1. The first-order valence-electron chi connectivity index (χ1n) is 7.71. The number of nitrogens with zero attached hydrogens (tertiary/aromatic N) is 1. The van der Waals surface area contributed by atoms with E-state index in [1.807, 2.05) is 55.5 Å². The van der Waals surface area contributed by atoms with Gasteiger partial charge in [-0.3, -0.25) is 9.78 Å². The minimum atomic E-state index is -0.142. The fraction of sp³-hybridized carbons (Fsp3) is 0.100. The molecule has 0 saturated heterocycles. The summed E-state index contributed by atoms with van der Waals surface area (Å²) in [5.41, 5.74) is 3.22. The third-order valence-corrected chi connectivity index (χ3v) is 3.52. The number of aryl methyl sites for hydroxylation is 1. The number of aromatic nitrogens is 1. The predicted molar refractivity (Wildman–Crippen MR) is 94.1 cm³/mol. The maximum atomic E-state index is 12.3. The lowest BCUT2D eigenvalue weighted by molar-refractivity contribution is 0.102. The minimum absolute atomic E-state index is 0.142. The number of hydrogen-bond acceptors (Lipinski definition) is 3. The standard InChI is InChI=1S/C20H18N2O2/c1-15-13-18(11-12-21-15)22-20(23)17-9-7-16(8-10-17)14-24-19-5-3-2-4-6-19/h2-13H,14H2,1H3,(H,21,22,23). The van der Waals surface area contributed by atoms with Crippen molar-refractivity contribution < 1.29 is 9.53 Å². The summed E-state index contributed by atoms with van der Waals surface area (Å²) >= 11 is 0. The van der Waals surface area contributed by atoms with Crippen LogP contribution < -0.4 is 10.1 Å². The summed E-state index contributed by atoms with van der Waals surface area (Å²) in [7, 11) is 0. The molecule has 0 radical (unpaired) electrons. The van der Waals surface area contributed by atoms with Gasteiger partial charge in [-0.2, -0.15) is 0 Å². The van der Waals surface area contributed by atoms with E-state index in [0.717, 1.165) is 22.7 Å². The van der Waals surface area contributed by atoms with Crippen molar-refractivity contribution in [1.82, 2.24) is 4.98 Å². The Morgan fingerprint density at radius 3 is 2.50 bits per heavy atom. The molecule has 3 rings (SSSR count). The summed E-state index contributed by atoms with van der Waals surface area (Å²) in [5.74, 6) is 0.684. The van der Waals surface area contributed by atoms with Gasteiger partial charge in [0.05, 0.1) is 0 Å². The summed E-state index contributed by atoms with van der Waals surface area (Å²) in [6.45, 7) is 2.35. The molecule has 0 atom stereocenters. The molecule has 1 aromatic heterocycles. The van der Waals surface area contributed by atoms with Crippen LogP contribution in [-0.2, 0) is 6.61 Å². The maximum absolute atomic E-state index is 12.3. The smallest absolute Gasteiger partial charge is 0.255 e. The molecule has 1 heterocycles. The molecule has 1 amide bonds. The number of pyridine rings is 1. The van der Waals surface area contributed by atoms with Gasteiger partial charge < -0.3 is 10.1 Å². The van der Waals surface area contributed by atoms with E-state index < -0.39 is 0 Å². The van der Waals surface area contributed by atoms with Crippen molar-refractivity contribution in [1.29, 1.82) is 0 Å². The normalized spacial score (nSPS) is 10.2. The van der Waals surface area contributed by atoms with E-state index in [1.165, 1.54) is 0 Å². The Balaban J connectivity index is 1.60. The van der Waals surface area contributed by atoms with Crippen molar-refractivity contribution >= 4 is 11.6 Å². The van der Waals surface area contributed by atoms with Crippen molar-refractivity contribution in [3.8, 4) is 5.75 Å². The van der Waals surface area contributed by atoms with Gasteiger partial charge in [0.1, 0.15) is 12.4 Å². The summed E-state index contributed by atoms with van der Waals surface area (Å²) in [4.78, 5) is 16.4. The van der Waals surface area contributed by atoms with E-state index in [2.05, 4.69) is 10.3 Å². The number of benzene rings is 2. The van der Waals surface area contributed by atoms with Crippen molar-refractivity contribution in [3.63, 3.8) is 0 Å². The van der Waals surface area contributed by atoms with Gasteiger partial charge >= 0.3 is 0 Å². The number of hydrogen-bond donors (Lipinski definition) is 1. The number of rotatable bonds is 5. The second kappa shape index (κ2) is 7.42. The number of carbonyl (C=O) groups is 1. The molecule has 0 unspecified atom stereocenters. The highest BCUT2D eigenvalue weighted by Crippen LogP contribution is 2.14. The van der Waals surface area contributed by atoms with Crippen LogP contribution in [0.25, 0.3) is 0 Å². The van der Waals surface area contributed by atoms with E-state index in [0.29, 0.717) is 12.2 Å². The van der Waals surface area contributed by atoms with E-state index in [-0.39, 0.29) is 5.91 Å². The predicted octanol–water partition coefficient (Wildman–Crippen LogP) is 4.22. The van der Waals surface area contributed by atoms with E-state index in [4.69, 9.17) is 4.74 Å². The van der Waals surface area contributed by atoms with Crippen LogP contribution in [0.5, 0.6) is 5.75 Å². The number of ether oxygens (including phenoxy) is 1. The van der Waals surface area contributed by atoms with Gasteiger partial charge in [-0.25, -0.2) is 0 Å². The van der Waals surface area contributed by atoms with Crippen LogP contribution in [0.1, 0.15) is 21.6 Å². The molecule has 3 aromatic rings. The zero-order chi connectivity index (χ0) is 16.8. The Bertz CT molecular complexity index is 815. The minimum Gasteiger partial charge on any atom is -0.489 e. The second-order valence-electron chi connectivity index (χ2n) is 5.44. The molecule has 4 nitrogen and oxygen atoms in total. The number of carbonyl (C=O) groups excluding carboxylic acids is 1. The van der Waals surface area contributed by atoms with Crippen LogP contribution in [0.15, 0.2) is 72.9 Å². The molecule has 0 aliphatic heterocycles. The second-order valence-corrected chi connectivity index (χ2v) is 5.44. The van der Waals surface area contributed by atoms with Gasteiger partial charge in [0.15, 0.2) is 0 Å². The molecule has 4 heteroatoms. The summed E-state index contributed by atoms with van der Waals surface area (Å²) in [6.07, 6.45) is 1.68. The highest BCUT2D eigenvalue weighted by molar-refractivity contribution is 6.04. The summed E-state index contributed by atoms with van der Waals surface area (Å²) in [5, 5.41) is 2.87. The van der Waals surface area contributed by atoms with Crippen LogP contribution in [0.2, 0.25) is 0 Å². The first kappa shape index (κ1) is 15.7. The molecule has 24 heavy (non-hydrogen) atoms. The third-order valence-electron chi connectivity index (χ3n) is 3.52. The Labute approximate surface area is 141 Å². The van der Waals surface area contributed by atoms with Gasteiger partial charge in [-0.05, 0) is 48.9 Å². The topological polar surface area (TPSA) is 51.2 Å². The summed E-state index contributed by atoms with van der Waals surface area (Å²) < 4.78 is 5.69. The van der Waals surface area contributed by atoms with Gasteiger partial charge in [-0.15, -0.1) is 0 Å². The molecule has 1 N–H and O–H groups in total. The van der Waals surface area contributed by atoms with E-state index >= 15 is 0 Å². The molecular weight excluding hydrogens is 300 g/mol. The molecule has 0 aliphatic carbocycles. The average Bonchev–Trinajstić information content (AvgIpc) is 2.61. The van der Waals surface area contributed by atoms with Crippen LogP contribution in [0, 0.1) is 6.92 Å². The molecule has 0 aliphatic rings. The lowest BCUT2D eigenvalue weighted by Gasteiger charge is -2.08. The fourth-order valence-corrected chi connectivity index (χ4v) is 2.26. The first-order valence-corrected chi connectivity index (χ1v) is 7.71. The zero-order valence-electron chi connectivity index (χ0n) is 13.4. The Morgan fingerprint density at radius 2 is 1.79 bits per heavy atom. The molecule has 0 bridgehead atoms. The molecule has 120 valence electrons. The van der Waals surface area contributed by atoms with Gasteiger partial charge in [0, 0.05) is 23.1 Å². The number of nitrogens with one attached hydrogen (secondary N) is 1. The first-order chi connectivity index (χ1) is 11.7. The van der Waals surface area contributed by atoms with Gasteiger partial charge in [-0.1, -0.05) is 30.3 Å². The van der Waals surface area contributed by atoms with Crippen LogP contribution >= 0.6 is 0 Å². The van der Waals surface area contributed by atoms with Gasteiger partial charge in [0.2, 0.25) is 0 Å². The molecule has 0 spiro atoms. The maximum Gasteiger partial charge on any atom is 0.255 e. The third kappa shape index (κ3) is 4.20. The molecule has 2 aromatic carbocycles. The van der Waals surface area contributed by atoms with Gasteiger partial charge in [0.25, 0.3) is 5.91 Å². The summed E-state index contributed by atoms with van der Waals surface area (Å²) in [6, 6.07) is 20.6. The van der Waals surface area contributed by atoms with Crippen molar-refractivity contribution in [3.05, 3.63) is 89.7 Å². The van der Waals surface area contributed by atoms with E-state index in [9.17, 15) is 4.79 Å². The highest BCUT2D eigenvalue weighted by Gasteiger charge is 2.06. The quantitative estimate of drug-likeness (QED) is 0.766. The Hall–Kier alpha value is -3.14. The molecule has 0 fully saturated rings. The molecular formula is C20H18N2O2. The monoisotopic (exact) mass is 318 g/mol. The van der Waals surface area contributed by atoms with Crippen molar-refractivity contribution in [2.75, 3.05) is 5.32 Å². The van der Waals surface area contributed by atoms with Crippen molar-refractivity contribution in [2.45, 2.75) is 13.5 Å². The highest BCUT2D eigenvalue weighted by atomic mass is 16.5.